The minimum atomic E-state index is -4.14. The van der Waals surface area contributed by atoms with E-state index in [1.54, 1.807) is 42.5 Å². The number of nitrogens with zero attached hydrogens (tertiary/aromatic N) is 3. The Morgan fingerprint density at radius 3 is 2.44 bits per heavy atom. The van der Waals surface area contributed by atoms with Gasteiger partial charge in [-0.15, -0.1) is 0 Å². The zero-order chi connectivity index (χ0) is 32.7. The molecule has 2 atom stereocenters. The van der Waals surface area contributed by atoms with E-state index in [2.05, 4.69) is 5.32 Å². The molecule has 0 bridgehead atoms. The fourth-order valence-electron chi connectivity index (χ4n) is 5.25. The molecular weight excluding hydrogens is 600 g/mol. The quantitative estimate of drug-likeness (QED) is 0.181. The highest BCUT2D eigenvalue weighted by molar-refractivity contribution is 7.89. The number of carbonyl (C=O) groups is 3. The molecule has 0 unspecified atom stereocenters. The first-order valence-corrected chi connectivity index (χ1v) is 15.9. The van der Waals surface area contributed by atoms with Gasteiger partial charge in [0.1, 0.15) is 18.7 Å². The molecule has 240 valence electrons. The maximum atomic E-state index is 14.0. The van der Waals surface area contributed by atoms with E-state index in [0.717, 1.165) is 20.3 Å². The lowest BCUT2D eigenvalue weighted by molar-refractivity contribution is -0.138. The number of anilines is 1. The second kappa shape index (κ2) is 14.5. The van der Waals surface area contributed by atoms with Crippen LogP contribution in [-0.4, -0.2) is 85.9 Å². The standard InChI is InChI=1S/C31H38N6O7S/c1-35(2)25-15-6-13-23-22(25)12-7-17-27(23)45(42,43)37-19-9-16-26(37)28(38)34-30(33)36(18-8-14-24(32)29(39)40)31(41)44-20-21-10-4-3-5-11-21/h3-7,10-13,15,17,24,26H,8-9,14,16,18-20,32H2,1-2H3,(H,39,40)(H2,33,34,38)/t24-,26-/m0/s1. The minimum absolute atomic E-state index is 0.00817. The normalized spacial score (nSPS) is 15.8. The molecule has 0 aromatic heterocycles. The summed E-state index contributed by atoms with van der Waals surface area (Å²) in [7, 11) is -0.401. The van der Waals surface area contributed by atoms with Crippen molar-refractivity contribution in [2.75, 3.05) is 32.1 Å². The molecule has 0 radical (unpaired) electrons. The monoisotopic (exact) mass is 638 g/mol. The Morgan fingerprint density at radius 1 is 1.07 bits per heavy atom. The van der Waals surface area contributed by atoms with Crippen LogP contribution in [0.15, 0.2) is 71.6 Å². The number of hydrogen-bond donors (Lipinski definition) is 4. The molecule has 1 aliphatic rings. The maximum absolute atomic E-state index is 14.0. The number of ether oxygens (including phenoxy) is 1. The molecule has 0 saturated carbocycles. The maximum Gasteiger partial charge on any atom is 0.416 e. The Hall–Kier alpha value is -4.53. The van der Waals surface area contributed by atoms with Crippen LogP contribution in [0.4, 0.5) is 10.5 Å². The lowest BCUT2D eigenvalue weighted by Gasteiger charge is -2.27. The molecule has 1 aliphatic heterocycles. The van der Waals surface area contributed by atoms with Crippen molar-refractivity contribution >= 4 is 50.4 Å². The van der Waals surface area contributed by atoms with E-state index < -0.39 is 46.0 Å². The third-order valence-electron chi connectivity index (χ3n) is 7.58. The number of carbonyl (C=O) groups excluding carboxylic acids is 2. The fraction of sp³-hybridized carbons (Fsp3) is 0.355. The van der Waals surface area contributed by atoms with E-state index in [4.69, 9.17) is 21.0 Å². The predicted molar refractivity (Wildman–Crippen MR) is 169 cm³/mol. The second-order valence-electron chi connectivity index (χ2n) is 10.9. The molecule has 0 spiro atoms. The van der Waals surface area contributed by atoms with Gasteiger partial charge in [-0.25, -0.2) is 18.1 Å². The van der Waals surface area contributed by atoms with Crippen molar-refractivity contribution in [3.05, 3.63) is 72.3 Å². The number of hydrogen-bond acceptors (Lipinski definition) is 9. The van der Waals surface area contributed by atoms with Crippen LogP contribution in [0.3, 0.4) is 0 Å². The number of nitrogens with one attached hydrogen (secondary N) is 2. The van der Waals surface area contributed by atoms with Gasteiger partial charge in [0, 0.05) is 43.6 Å². The van der Waals surface area contributed by atoms with Crippen molar-refractivity contribution in [3.63, 3.8) is 0 Å². The van der Waals surface area contributed by atoms with Gasteiger partial charge < -0.3 is 20.5 Å². The Kier molecular flexibility index (Phi) is 10.8. The zero-order valence-corrected chi connectivity index (χ0v) is 26.0. The van der Waals surface area contributed by atoms with E-state index in [9.17, 15) is 22.8 Å². The third kappa shape index (κ3) is 7.77. The molecule has 3 aromatic rings. The summed E-state index contributed by atoms with van der Waals surface area (Å²) < 4.78 is 34.5. The second-order valence-corrected chi connectivity index (χ2v) is 12.8. The first-order chi connectivity index (χ1) is 21.4. The van der Waals surface area contributed by atoms with Crippen LogP contribution in [0.1, 0.15) is 31.2 Å². The van der Waals surface area contributed by atoms with Crippen molar-refractivity contribution in [2.45, 2.75) is 49.3 Å². The fourth-order valence-corrected chi connectivity index (χ4v) is 7.11. The topological polar surface area (TPSA) is 186 Å². The summed E-state index contributed by atoms with van der Waals surface area (Å²) in [4.78, 5) is 40.5. The average Bonchev–Trinajstić information content (AvgIpc) is 3.53. The first kappa shape index (κ1) is 33.4. The number of carboxylic acids is 1. The SMILES string of the molecule is CN(C)c1cccc2c(S(=O)(=O)N3CCC[C@H]3C(=O)NC(=N)N(CCC[C@H](N)C(=O)O)C(=O)OCc3ccccc3)cccc12. The summed E-state index contributed by atoms with van der Waals surface area (Å²) in [6.07, 6.45) is -0.177. The van der Waals surface area contributed by atoms with Gasteiger partial charge in [0.2, 0.25) is 21.9 Å². The summed E-state index contributed by atoms with van der Waals surface area (Å²) >= 11 is 0. The number of guanidine groups is 1. The predicted octanol–water partition coefficient (Wildman–Crippen LogP) is 2.94. The Morgan fingerprint density at radius 2 is 1.76 bits per heavy atom. The van der Waals surface area contributed by atoms with Gasteiger partial charge in [-0.1, -0.05) is 54.6 Å². The summed E-state index contributed by atoms with van der Waals surface area (Å²) in [5.74, 6) is -2.59. The Balaban J connectivity index is 1.52. The van der Waals surface area contributed by atoms with Crippen molar-refractivity contribution in [2.24, 2.45) is 5.73 Å². The number of fused-ring (bicyclic) bond motifs is 1. The highest BCUT2D eigenvalue weighted by atomic mass is 32.2. The smallest absolute Gasteiger partial charge is 0.416 e. The molecule has 13 nitrogen and oxygen atoms in total. The van der Waals surface area contributed by atoms with Gasteiger partial charge in [-0.3, -0.25) is 20.3 Å². The van der Waals surface area contributed by atoms with Crippen LogP contribution >= 0.6 is 0 Å². The molecule has 1 fully saturated rings. The lowest BCUT2D eigenvalue weighted by atomic mass is 10.1. The van der Waals surface area contributed by atoms with Crippen molar-refractivity contribution in [1.29, 1.82) is 5.41 Å². The van der Waals surface area contributed by atoms with Gasteiger partial charge in [0.25, 0.3) is 0 Å². The molecule has 2 amide bonds. The highest BCUT2D eigenvalue weighted by Gasteiger charge is 2.41. The molecule has 14 heteroatoms. The van der Waals surface area contributed by atoms with E-state index in [1.807, 2.05) is 37.2 Å². The number of amides is 2. The Bertz CT molecular complexity index is 1670. The summed E-state index contributed by atoms with van der Waals surface area (Å²) in [5.41, 5.74) is 7.14. The van der Waals surface area contributed by atoms with E-state index in [0.29, 0.717) is 17.4 Å². The van der Waals surface area contributed by atoms with Crippen molar-refractivity contribution in [3.8, 4) is 0 Å². The molecule has 1 heterocycles. The number of benzene rings is 3. The van der Waals surface area contributed by atoms with Gasteiger partial charge in [0.05, 0.1) is 4.90 Å². The van der Waals surface area contributed by atoms with Gasteiger partial charge in [-0.05, 0) is 43.4 Å². The molecule has 45 heavy (non-hydrogen) atoms. The van der Waals surface area contributed by atoms with E-state index in [1.165, 1.54) is 6.07 Å². The van der Waals surface area contributed by atoms with Crippen LogP contribution in [0.2, 0.25) is 0 Å². The van der Waals surface area contributed by atoms with E-state index in [-0.39, 0.29) is 43.9 Å². The summed E-state index contributed by atoms with van der Waals surface area (Å²) in [6, 6.07) is 17.0. The van der Waals surface area contributed by atoms with Crippen LogP contribution in [0.25, 0.3) is 10.8 Å². The highest BCUT2D eigenvalue weighted by Crippen LogP contribution is 2.34. The van der Waals surface area contributed by atoms with Crippen LogP contribution in [0.5, 0.6) is 0 Å². The molecule has 1 saturated heterocycles. The number of nitrogens with two attached hydrogens (primary N) is 1. The van der Waals surface area contributed by atoms with E-state index >= 15 is 0 Å². The largest absolute Gasteiger partial charge is 0.480 e. The van der Waals surface area contributed by atoms with Crippen molar-refractivity contribution < 1.29 is 32.6 Å². The van der Waals surface area contributed by atoms with Crippen molar-refractivity contribution in [1.82, 2.24) is 14.5 Å². The van der Waals surface area contributed by atoms with Gasteiger partial charge in [0.15, 0.2) is 0 Å². The minimum Gasteiger partial charge on any atom is -0.480 e. The average molecular weight is 639 g/mol. The third-order valence-corrected chi connectivity index (χ3v) is 9.55. The number of rotatable bonds is 11. The summed E-state index contributed by atoms with van der Waals surface area (Å²) in [5, 5.41) is 21.3. The molecule has 4 rings (SSSR count). The number of carboxylic acid groups (broad SMARTS) is 1. The van der Waals surface area contributed by atoms with Crippen LogP contribution in [0, 0.1) is 5.41 Å². The Labute approximate surface area is 262 Å². The van der Waals surface area contributed by atoms with Crippen LogP contribution < -0.4 is 16.0 Å². The molecule has 3 aromatic carbocycles. The lowest BCUT2D eigenvalue weighted by Crippen LogP contribution is -2.53. The van der Waals surface area contributed by atoms with Gasteiger partial charge in [-0.2, -0.15) is 4.31 Å². The first-order valence-electron chi connectivity index (χ1n) is 14.5. The van der Waals surface area contributed by atoms with Crippen LogP contribution in [-0.2, 0) is 31.0 Å². The zero-order valence-electron chi connectivity index (χ0n) is 25.2. The molecule has 5 N–H and O–H groups in total. The summed E-state index contributed by atoms with van der Waals surface area (Å²) in [6.45, 7) is -0.153. The molecule has 0 aliphatic carbocycles. The van der Waals surface area contributed by atoms with Gasteiger partial charge >= 0.3 is 12.1 Å². The molecular formula is C31H38N6O7S. The number of aliphatic carboxylic acids is 1. The number of sulfonamides is 1.